The van der Waals surface area contributed by atoms with Crippen molar-refractivity contribution in [3.63, 3.8) is 0 Å². The number of nitrogens with zero attached hydrogens (tertiary/aromatic N) is 2. The number of carbonyl (C=O) groups is 1. The summed E-state index contributed by atoms with van der Waals surface area (Å²) in [5.74, 6) is -2.13. The van der Waals surface area contributed by atoms with Crippen LogP contribution >= 0.6 is 23.2 Å². The van der Waals surface area contributed by atoms with E-state index in [4.69, 9.17) is 28.9 Å². The molecule has 0 spiro atoms. The Bertz CT molecular complexity index is 956. The molecule has 0 aliphatic carbocycles. The first-order valence-corrected chi connectivity index (χ1v) is 7.42. The number of rotatable bonds is 3. The molecule has 2 aromatic carbocycles. The maximum absolute atomic E-state index is 14.4. The van der Waals surface area contributed by atoms with Gasteiger partial charge in [-0.2, -0.15) is 0 Å². The van der Waals surface area contributed by atoms with E-state index in [9.17, 15) is 13.6 Å². The molecule has 1 heterocycles. The standard InChI is InChI=1S/C16H9Cl2F2N3O/c17-9-2-1-3-12(13(9)20)23-7-22-14(16(21)24)15(23)8-4-5-11(19)10(18)6-8/h1-7H,(H2,21,24). The molecule has 24 heavy (non-hydrogen) atoms. The van der Waals surface area contributed by atoms with Crippen LogP contribution < -0.4 is 5.73 Å². The van der Waals surface area contributed by atoms with Crippen LogP contribution in [-0.2, 0) is 0 Å². The highest BCUT2D eigenvalue weighted by atomic mass is 35.5. The number of imidazole rings is 1. The Morgan fingerprint density at radius 3 is 2.54 bits per heavy atom. The van der Waals surface area contributed by atoms with E-state index in [1.54, 1.807) is 6.07 Å². The second kappa shape index (κ2) is 6.22. The van der Waals surface area contributed by atoms with Crippen molar-refractivity contribution in [1.29, 1.82) is 0 Å². The van der Waals surface area contributed by atoms with Gasteiger partial charge in [-0.3, -0.25) is 9.36 Å². The minimum atomic E-state index is -0.813. The summed E-state index contributed by atoms with van der Waals surface area (Å²) < 4.78 is 29.1. The van der Waals surface area contributed by atoms with Crippen molar-refractivity contribution < 1.29 is 13.6 Å². The van der Waals surface area contributed by atoms with Crippen molar-refractivity contribution in [2.45, 2.75) is 0 Å². The summed E-state index contributed by atoms with van der Waals surface area (Å²) in [5.41, 5.74) is 5.84. The lowest BCUT2D eigenvalue weighted by molar-refractivity contribution is 0.0996. The largest absolute Gasteiger partial charge is 0.364 e. The summed E-state index contributed by atoms with van der Waals surface area (Å²) in [6.45, 7) is 0. The number of primary amides is 1. The van der Waals surface area contributed by atoms with E-state index >= 15 is 0 Å². The lowest BCUT2D eigenvalue weighted by Crippen LogP contribution is -2.13. The smallest absolute Gasteiger partial charge is 0.269 e. The van der Waals surface area contributed by atoms with Gasteiger partial charge in [-0.1, -0.05) is 29.3 Å². The Morgan fingerprint density at radius 1 is 1.12 bits per heavy atom. The van der Waals surface area contributed by atoms with Gasteiger partial charge in [-0.15, -0.1) is 0 Å². The molecule has 2 N–H and O–H groups in total. The Morgan fingerprint density at radius 2 is 1.88 bits per heavy atom. The van der Waals surface area contributed by atoms with Crippen LogP contribution in [0.25, 0.3) is 16.9 Å². The molecule has 0 saturated carbocycles. The van der Waals surface area contributed by atoms with E-state index in [1.807, 2.05) is 0 Å². The predicted molar refractivity (Wildman–Crippen MR) is 87.5 cm³/mol. The van der Waals surface area contributed by atoms with Gasteiger partial charge in [0, 0.05) is 5.56 Å². The molecule has 0 unspecified atom stereocenters. The van der Waals surface area contributed by atoms with Crippen LogP contribution in [0.15, 0.2) is 42.7 Å². The number of benzene rings is 2. The summed E-state index contributed by atoms with van der Waals surface area (Å²) in [6, 6.07) is 8.23. The molecule has 0 atom stereocenters. The first-order chi connectivity index (χ1) is 11.4. The molecule has 1 aromatic heterocycles. The second-order valence-electron chi connectivity index (χ2n) is 4.88. The van der Waals surface area contributed by atoms with Gasteiger partial charge in [0.05, 0.1) is 21.4 Å². The Labute approximate surface area is 145 Å². The highest BCUT2D eigenvalue weighted by Gasteiger charge is 2.21. The monoisotopic (exact) mass is 367 g/mol. The number of carbonyl (C=O) groups excluding carboxylic acids is 1. The molecule has 0 bridgehead atoms. The molecular weight excluding hydrogens is 359 g/mol. The number of nitrogens with two attached hydrogens (primary N) is 1. The summed E-state index contributed by atoms with van der Waals surface area (Å²) in [7, 11) is 0. The lowest BCUT2D eigenvalue weighted by atomic mass is 10.1. The molecule has 0 fully saturated rings. The average molecular weight is 368 g/mol. The van der Waals surface area contributed by atoms with Crippen molar-refractivity contribution >= 4 is 29.1 Å². The molecule has 0 aliphatic rings. The van der Waals surface area contributed by atoms with Gasteiger partial charge in [0.2, 0.25) is 0 Å². The van der Waals surface area contributed by atoms with Crippen LogP contribution in [0.3, 0.4) is 0 Å². The zero-order valence-electron chi connectivity index (χ0n) is 11.9. The quantitative estimate of drug-likeness (QED) is 0.752. The zero-order valence-corrected chi connectivity index (χ0v) is 13.4. The molecular formula is C16H9Cl2F2N3O. The van der Waals surface area contributed by atoms with Crippen LogP contribution in [0.5, 0.6) is 0 Å². The Kier molecular flexibility index (Phi) is 4.26. The van der Waals surface area contributed by atoms with E-state index in [-0.39, 0.29) is 27.1 Å². The molecule has 8 heteroatoms. The van der Waals surface area contributed by atoms with Gasteiger partial charge in [0.15, 0.2) is 11.5 Å². The topological polar surface area (TPSA) is 60.9 Å². The van der Waals surface area contributed by atoms with Gasteiger partial charge in [-0.05, 0) is 30.3 Å². The third kappa shape index (κ3) is 2.74. The van der Waals surface area contributed by atoms with E-state index < -0.39 is 17.5 Å². The summed E-state index contributed by atoms with van der Waals surface area (Å²) in [4.78, 5) is 15.6. The van der Waals surface area contributed by atoms with E-state index in [2.05, 4.69) is 4.98 Å². The predicted octanol–water partition coefficient (Wildman–Crippen LogP) is 4.22. The van der Waals surface area contributed by atoms with Gasteiger partial charge in [-0.25, -0.2) is 13.8 Å². The number of aromatic nitrogens is 2. The molecule has 3 aromatic rings. The molecule has 0 radical (unpaired) electrons. The van der Waals surface area contributed by atoms with E-state index in [0.717, 1.165) is 6.07 Å². The van der Waals surface area contributed by atoms with Crippen molar-refractivity contribution in [3.05, 3.63) is 70.1 Å². The van der Waals surface area contributed by atoms with Crippen LogP contribution in [0.2, 0.25) is 10.0 Å². The van der Waals surface area contributed by atoms with Gasteiger partial charge >= 0.3 is 0 Å². The molecule has 3 rings (SSSR count). The third-order valence-electron chi connectivity index (χ3n) is 3.38. The summed E-state index contributed by atoms with van der Waals surface area (Å²) in [6.07, 6.45) is 1.24. The number of amides is 1. The molecule has 122 valence electrons. The van der Waals surface area contributed by atoms with E-state index in [1.165, 1.54) is 35.2 Å². The van der Waals surface area contributed by atoms with Gasteiger partial charge in [0.1, 0.15) is 12.1 Å². The van der Waals surface area contributed by atoms with E-state index in [0.29, 0.717) is 5.56 Å². The van der Waals surface area contributed by atoms with Crippen molar-refractivity contribution in [1.82, 2.24) is 9.55 Å². The first kappa shape index (κ1) is 16.4. The Balaban J connectivity index is 2.31. The second-order valence-corrected chi connectivity index (χ2v) is 5.69. The van der Waals surface area contributed by atoms with Crippen LogP contribution in [0.4, 0.5) is 8.78 Å². The minimum absolute atomic E-state index is 0.0675. The number of halogens is 4. The van der Waals surface area contributed by atoms with Crippen LogP contribution in [0.1, 0.15) is 10.5 Å². The molecule has 0 saturated heterocycles. The average Bonchev–Trinajstić information content (AvgIpc) is 2.97. The van der Waals surface area contributed by atoms with Crippen LogP contribution in [0, 0.1) is 11.6 Å². The zero-order chi connectivity index (χ0) is 17.4. The fourth-order valence-corrected chi connectivity index (χ4v) is 2.66. The highest BCUT2D eigenvalue weighted by molar-refractivity contribution is 6.31. The fourth-order valence-electron chi connectivity index (χ4n) is 2.31. The maximum Gasteiger partial charge on any atom is 0.269 e. The fraction of sp³-hybridized carbons (Fsp3) is 0. The third-order valence-corrected chi connectivity index (χ3v) is 3.97. The van der Waals surface area contributed by atoms with Crippen LogP contribution in [-0.4, -0.2) is 15.5 Å². The molecule has 0 aliphatic heterocycles. The van der Waals surface area contributed by atoms with Gasteiger partial charge < -0.3 is 5.73 Å². The van der Waals surface area contributed by atoms with Gasteiger partial charge in [0.25, 0.3) is 5.91 Å². The Hall–Kier alpha value is -2.44. The number of hydrogen-bond acceptors (Lipinski definition) is 2. The minimum Gasteiger partial charge on any atom is -0.364 e. The molecule has 4 nitrogen and oxygen atoms in total. The first-order valence-electron chi connectivity index (χ1n) is 6.67. The van der Waals surface area contributed by atoms with Crippen molar-refractivity contribution in [3.8, 4) is 16.9 Å². The number of hydrogen-bond donors (Lipinski definition) is 1. The van der Waals surface area contributed by atoms with Crippen molar-refractivity contribution in [2.24, 2.45) is 5.73 Å². The van der Waals surface area contributed by atoms with Crippen molar-refractivity contribution in [2.75, 3.05) is 0 Å². The maximum atomic E-state index is 14.4. The SMILES string of the molecule is NC(=O)c1ncn(-c2cccc(Cl)c2F)c1-c1ccc(F)c(Cl)c1. The summed E-state index contributed by atoms with van der Waals surface area (Å²) in [5, 5.41) is -0.243. The molecule has 1 amide bonds. The normalized spacial score (nSPS) is 10.8. The lowest BCUT2D eigenvalue weighted by Gasteiger charge is -2.11. The highest BCUT2D eigenvalue weighted by Crippen LogP contribution is 2.31. The summed E-state index contributed by atoms with van der Waals surface area (Å²) >= 11 is 11.6.